The zero-order chi connectivity index (χ0) is 20.8. The molecular formula is C21H25NO7. The average Bonchev–Trinajstić information content (AvgIpc) is 3.17. The lowest BCUT2D eigenvalue weighted by Crippen LogP contribution is -2.77. The number of likely N-dealkylation sites (N-methyl/N-ethyl adjacent to an activating group) is 1. The molecule has 8 nitrogen and oxygen atoms in total. The summed E-state index contributed by atoms with van der Waals surface area (Å²) in [7, 11) is 7.91. The van der Waals surface area contributed by atoms with Gasteiger partial charge in [-0.15, -0.1) is 0 Å². The second-order valence-corrected chi connectivity index (χ2v) is 8.28. The van der Waals surface area contributed by atoms with Crippen molar-refractivity contribution in [1.29, 1.82) is 0 Å². The van der Waals surface area contributed by atoms with Crippen LogP contribution in [0.25, 0.3) is 0 Å². The first-order chi connectivity index (χ1) is 13.9. The molecule has 1 aromatic rings. The Morgan fingerprint density at radius 2 is 1.86 bits per heavy atom. The van der Waals surface area contributed by atoms with Gasteiger partial charge in [-0.25, -0.2) is 0 Å². The number of ketones is 1. The van der Waals surface area contributed by atoms with E-state index >= 15 is 0 Å². The highest BCUT2D eigenvalue weighted by atomic mass is 16.7. The van der Waals surface area contributed by atoms with Crippen LogP contribution < -0.4 is 9.47 Å². The van der Waals surface area contributed by atoms with Gasteiger partial charge in [0.25, 0.3) is 0 Å². The van der Waals surface area contributed by atoms with Gasteiger partial charge in [0.2, 0.25) is 11.7 Å². The first kappa shape index (κ1) is 18.8. The van der Waals surface area contributed by atoms with Gasteiger partial charge in [-0.3, -0.25) is 9.59 Å². The van der Waals surface area contributed by atoms with Gasteiger partial charge in [-0.1, -0.05) is 6.07 Å². The average molecular weight is 403 g/mol. The molecule has 29 heavy (non-hydrogen) atoms. The number of rotatable bonds is 4. The van der Waals surface area contributed by atoms with E-state index in [0.29, 0.717) is 17.9 Å². The number of carbonyl (C=O) groups is 2. The van der Waals surface area contributed by atoms with Crippen molar-refractivity contribution in [3.8, 4) is 11.5 Å². The Balaban J connectivity index is 1.92. The summed E-state index contributed by atoms with van der Waals surface area (Å²) in [5, 5.41) is 0. The third-order valence-electron chi connectivity index (χ3n) is 7.62. The fourth-order valence-corrected chi connectivity index (χ4v) is 6.68. The van der Waals surface area contributed by atoms with E-state index in [-0.39, 0.29) is 30.6 Å². The first-order valence-corrected chi connectivity index (χ1v) is 9.68. The van der Waals surface area contributed by atoms with Gasteiger partial charge in [0.1, 0.15) is 5.54 Å². The standard InChI is InChI=1S/C21H25NO7/c1-22-15(24)10-19-8-12(23)18(27-4)21(28-5)20(19,22)9-14(29-21)11-6-7-13(25-2)17(26-3)16(11)19/h6-7,14,18H,8-10H2,1-5H3/t14-,18+,19+,20-,21-/m0/s1. The van der Waals surface area contributed by atoms with Crippen molar-refractivity contribution >= 4 is 11.7 Å². The predicted octanol–water partition coefficient (Wildman–Crippen LogP) is 1.35. The molecule has 5 rings (SSSR count). The number of benzene rings is 1. The van der Waals surface area contributed by atoms with E-state index in [0.717, 1.165) is 11.1 Å². The number of hydrogen-bond acceptors (Lipinski definition) is 7. The molecule has 1 aromatic carbocycles. The fraction of sp³-hybridized carbons (Fsp3) is 0.619. The van der Waals surface area contributed by atoms with Gasteiger partial charge >= 0.3 is 0 Å². The number of amides is 1. The number of hydrogen-bond donors (Lipinski definition) is 0. The maximum absolute atomic E-state index is 13.3. The Labute approximate surface area is 169 Å². The number of ether oxygens (including phenoxy) is 5. The van der Waals surface area contributed by atoms with E-state index in [2.05, 4.69) is 0 Å². The maximum atomic E-state index is 13.3. The van der Waals surface area contributed by atoms with Gasteiger partial charge in [0, 0.05) is 51.5 Å². The lowest BCUT2D eigenvalue weighted by molar-refractivity contribution is -0.308. The van der Waals surface area contributed by atoms with Gasteiger partial charge in [0.15, 0.2) is 23.4 Å². The number of Topliss-reactive ketones (excluding diaryl/α,β-unsaturated/α-hetero) is 1. The van der Waals surface area contributed by atoms with Crippen molar-refractivity contribution in [3.63, 3.8) is 0 Å². The van der Waals surface area contributed by atoms with E-state index in [1.807, 2.05) is 12.1 Å². The van der Waals surface area contributed by atoms with E-state index in [1.165, 1.54) is 14.2 Å². The third kappa shape index (κ3) is 1.74. The van der Waals surface area contributed by atoms with Crippen molar-refractivity contribution in [2.75, 3.05) is 35.5 Å². The Morgan fingerprint density at radius 1 is 1.10 bits per heavy atom. The summed E-state index contributed by atoms with van der Waals surface area (Å²) in [5.41, 5.74) is -0.0269. The quantitative estimate of drug-likeness (QED) is 0.750. The molecule has 8 heteroatoms. The van der Waals surface area contributed by atoms with E-state index < -0.39 is 22.8 Å². The highest BCUT2D eigenvalue weighted by Crippen LogP contribution is 2.72. The minimum absolute atomic E-state index is 0.0575. The largest absolute Gasteiger partial charge is 0.493 e. The number of likely N-dealkylation sites (tertiary alicyclic amines) is 1. The zero-order valence-corrected chi connectivity index (χ0v) is 17.2. The smallest absolute Gasteiger partial charge is 0.227 e. The Bertz CT molecular complexity index is 932. The highest BCUT2D eigenvalue weighted by molar-refractivity contribution is 5.95. The molecule has 2 saturated heterocycles. The molecule has 5 atom stereocenters. The molecule has 4 aliphatic rings. The Morgan fingerprint density at radius 3 is 2.48 bits per heavy atom. The zero-order valence-electron chi connectivity index (χ0n) is 17.2. The molecule has 3 fully saturated rings. The van der Waals surface area contributed by atoms with Crippen LogP contribution in [-0.4, -0.2) is 69.5 Å². The Kier molecular flexibility index (Phi) is 3.71. The highest BCUT2D eigenvalue weighted by Gasteiger charge is 2.84. The summed E-state index contributed by atoms with van der Waals surface area (Å²) in [4.78, 5) is 28.2. The fourth-order valence-electron chi connectivity index (χ4n) is 6.68. The predicted molar refractivity (Wildman–Crippen MR) is 99.9 cm³/mol. The van der Waals surface area contributed by atoms with Crippen LogP contribution in [0.3, 0.4) is 0 Å². The number of nitrogens with zero attached hydrogens (tertiary/aromatic N) is 1. The van der Waals surface area contributed by atoms with Crippen LogP contribution in [0.1, 0.15) is 36.5 Å². The molecule has 1 amide bonds. The lowest BCUT2D eigenvalue weighted by Gasteiger charge is -2.58. The lowest BCUT2D eigenvalue weighted by atomic mass is 9.50. The molecule has 0 radical (unpaired) electrons. The summed E-state index contributed by atoms with van der Waals surface area (Å²) in [6.07, 6.45) is -0.461. The molecule has 0 unspecified atom stereocenters. The molecule has 0 N–H and O–H groups in total. The van der Waals surface area contributed by atoms with Crippen LogP contribution in [0.5, 0.6) is 11.5 Å². The van der Waals surface area contributed by atoms with E-state index in [4.69, 9.17) is 23.7 Å². The molecule has 1 saturated carbocycles. The van der Waals surface area contributed by atoms with Crippen LogP contribution >= 0.6 is 0 Å². The molecule has 1 spiro atoms. The second kappa shape index (κ2) is 5.71. The number of carbonyl (C=O) groups excluding carboxylic acids is 2. The van der Waals surface area contributed by atoms with Crippen LogP contribution in [0.4, 0.5) is 0 Å². The first-order valence-electron chi connectivity index (χ1n) is 9.68. The van der Waals surface area contributed by atoms with Gasteiger partial charge in [-0.05, 0) is 11.6 Å². The summed E-state index contributed by atoms with van der Waals surface area (Å²) < 4.78 is 29.5. The molecule has 0 aromatic heterocycles. The van der Waals surface area contributed by atoms with Crippen molar-refractivity contribution < 1.29 is 33.3 Å². The molecule has 2 aliphatic heterocycles. The summed E-state index contributed by atoms with van der Waals surface area (Å²) in [5.74, 6) is -0.505. The molecule has 156 valence electrons. The minimum Gasteiger partial charge on any atom is -0.493 e. The van der Waals surface area contributed by atoms with Crippen LogP contribution in [0.2, 0.25) is 0 Å². The van der Waals surface area contributed by atoms with Crippen molar-refractivity contribution in [2.24, 2.45) is 0 Å². The van der Waals surface area contributed by atoms with Crippen molar-refractivity contribution in [3.05, 3.63) is 23.3 Å². The summed E-state index contributed by atoms with van der Waals surface area (Å²) in [6.45, 7) is 0. The maximum Gasteiger partial charge on any atom is 0.227 e. The molecule has 2 bridgehead atoms. The van der Waals surface area contributed by atoms with Gasteiger partial charge in [0.05, 0.1) is 20.3 Å². The SMILES string of the molecule is COc1ccc2c(c1OC)[C@]13CC(=O)[C@@H](OC)[C@]4(OC)O[C@H]2C[C@]14N(C)C(=O)C3. The molecule has 2 aliphatic carbocycles. The van der Waals surface area contributed by atoms with Crippen LogP contribution in [-0.2, 0) is 29.2 Å². The van der Waals surface area contributed by atoms with Gasteiger partial charge < -0.3 is 28.6 Å². The minimum atomic E-state index is -1.40. The summed E-state index contributed by atoms with van der Waals surface area (Å²) >= 11 is 0. The monoisotopic (exact) mass is 403 g/mol. The van der Waals surface area contributed by atoms with Crippen LogP contribution in [0, 0.1) is 0 Å². The normalized spacial score (nSPS) is 39.4. The van der Waals surface area contributed by atoms with E-state index in [1.54, 1.807) is 26.2 Å². The number of methoxy groups -OCH3 is 4. The third-order valence-corrected chi connectivity index (χ3v) is 7.62. The van der Waals surface area contributed by atoms with Crippen molar-refractivity contribution in [2.45, 2.75) is 48.2 Å². The van der Waals surface area contributed by atoms with Crippen molar-refractivity contribution in [1.82, 2.24) is 4.90 Å². The van der Waals surface area contributed by atoms with Gasteiger partial charge in [-0.2, -0.15) is 0 Å². The van der Waals surface area contributed by atoms with E-state index in [9.17, 15) is 9.59 Å². The summed E-state index contributed by atoms with van der Waals surface area (Å²) in [6, 6.07) is 3.78. The number of fused-ring (bicyclic) bond motifs is 3. The topological polar surface area (TPSA) is 83.5 Å². The Hall–Kier alpha value is -2.16. The molecular weight excluding hydrogens is 378 g/mol. The second-order valence-electron chi connectivity index (χ2n) is 8.28. The molecule has 2 heterocycles. The van der Waals surface area contributed by atoms with Crippen LogP contribution in [0.15, 0.2) is 12.1 Å².